The number of hydrogen-bond acceptors (Lipinski definition) is 3. The molecule has 1 atom stereocenters. The van der Waals surface area contributed by atoms with E-state index in [9.17, 15) is 4.79 Å². The van der Waals surface area contributed by atoms with Crippen LogP contribution in [0, 0.1) is 0 Å². The Morgan fingerprint density at radius 1 is 1.12 bits per heavy atom. The molecule has 134 valence electrons. The lowest BCUT2D eigenvalue weighted by molar-refractivity contribution is 0.00521. The molecule has 2 rings (SSSR count). The second kappa shape index (κ2) is 8.43. The molecular weight excluding hydrogens is 363 g/mol. The lowest BCUT2D eigenvalue weighted by Gasteiger charge is -2.29. The van der Waals surface area contributed by atoms with Gasteiger partial charge in [0.25, 0.3) is 0 Å². The lowest BCUT2D eigenvalue weighted by atomic mass is 9.96. The molecule has 0 saturated carbocycles. The number of halogens is 2. The van der Waals surface area contributed by atoms with E-state index < -0.39 is 11.6 Å². The maximum Gasteiger partial charge on any atom is 0.319 e. The zero-order valence-electron chi connectivity index (χ0n) is 14.2. The van der Waals surface area contributed by atoms with Crippen LogP contribution in [0.2, 0.25) is 10.0 Å². The van der Waals surface area contributed by atoms with Gasteiger partial charge in [-0.25, -0.2) is 4.79 Å². The standard InChI is InChI=1S/C18H20Cl2N2O3/c1-18(25-3,12-5-4-6-13(19)9-12)11-21-17(23)22-15-10-14(20)7-8-16(15)24-2/h4-10H,11H2,1-3H3,(H2,21,22,23). The number of hydrogen-bond donors (Lipinski definition) is 2. The fourth-order valence-electron chi connectivity index (χ4n) is 2.30. The van der Waals surface area contributed by atoms with Gasteiger partial charge in [-0.3, -0.25) is 0 Å². The van der Waals surface area contributed by atoms with Crippen molar-refractivity contribution < 1.29 is 14.3 Å². The largest absolute Gasteiger partial charge is 0.495 e. The summed E-state index contributed by atoms with van der Waals surface area (Å²) in [7, 11) is 3.11. The molecule has 7 heteroatoms. The van der Waals surface area contributed by atoms with E-state index in [1.54, 1.807) is 31.4 Å². The molecule has 0 aliphatic rings. The number of nitrogens with one attached hydrogen (secondary N) is 2. The van der Waals surface area contributed by atoms with E-state index in [4.69, 9.17) is 32.7 Å². The van der Waals surface area contributed by atoms with Crippen molar-refractivity contribution in [2.45, 2.75) is 12.5 Å². The number of urea groups is 1. The maximum atomic E-state index is 12.3. The number of ether oxygens (including phenoxy) is 2. The molecule has 2 aromatic carbocycles. The minimum absolute atomic E-state index is 0.249. The van der Waals surface area contributed by atoms with E-state index >= 15 is 0 Å². The van der Waals surface area contributed by atoms with Gasteiger partial charge in [-0.15, -0.1) is 0 Å². The lowest BCUT2D eigenvalue weighted by Crippen LogP contribution is -2.41. The topological polar surface area (TPSA) is 59.6 Å². The van der Waals surface area contributed by atoms with E-state index in [0.717, 1.165) is 5.56 Å². The monoisotopic (exact) mass is 382 g/mol. The molecule has 0 aromatic heterocycles. The van der Waals surface area contributed by atoms with Crippen molar-refractivity contribution in [3.8, 4) is 5.75 Å². The van der Waals surface area contributed by atoms with Gasteiger partial charge in [-0.1, -0.05) is 35.3 Å². The van der Waals surface area contributed by atoms with Crippen LogP contribution in [0.5, 0.6) is 5.75 Å². The molecule has 0 radical (unpaired) electrons. The summed E-state index contributed by atoms with van der Waals surface area (Å²) < 4.78 is 10.8. The highest BCUT2D eigenvalue weighted by Gasteiger charge is 2.27. The Morgan fingerprint density at radius 2 is 1.84 bits per heavy atom. The van der Waals surface area contributed by atoms with Crippen LogP contribution in [0.3, 0.4) is 0 Å². The van der Waals surface area contributed by atoms with E-state index in [2.05, 4.69) is 10.6 Å². The summed E-state index contributed by atoms with van der Waals surface area (Å²) in [6.45, 7) is 2.12. The smallest absolute Gasteiger partial charge is 0.319 e. The molecule has 0 spiro atoms. The van der Waals surface area contributed by atoms with Gasteiger partial charge < -0.3 is 20.1 Å². The van der Waals surface area contributed by atoms with E-state index in [0.29, 0.717) is 21.5 Å². The summed E-state index contributed by atoms with van der Waals surface area (Å²) in [5.41, 5.74) is 0.623. The van der Waals surface area contributed by atoms with Gasteiger partial charge in [-0.05, 0) is 42.8 Å². The van der Waals surface area contributed by atoms with E-state index in [1.807, 2.05) is 25.1 Å². The van der Waals surface area contributed by atoms with Crippen molar-refractivity contribution >= 4 is 34.9 Å². The van der Waals surface area contributed by atoms with Crippen molar-refractivity contribution in [2.75, 3.05) is 26.1 Å². The summed E-state index contributed by atoms with van der Waals surface area (Å²) >= 11 is 12.0. The van der Waals surface area contributed by atoms with Crippen molar-refractivity contribution in [3.05, 3.63) is 58.1 Å². The summed E-state index contributed by atoms with van der Waals surface area (Å²) in [6.07, 6.45) is 0. The van der Waals surface area contributed by atoms with Gasteiger partial charge in [0.2, 0.25) is 0 Å². The number of carbonyl (C=O) groups excluding carboxylic acids is 1. The van der Waals surface area contributed by atoms with Crippen LogP contribution in [-0.4, -0.2) is 26.8 Å². The minimum atomic E-state index is -0.722. The molecule has 5 nitrogen and oxygen atoms in total. The second-order valence-electron chi connectivity index (χ2n) is 5.60. The summed E-state index contributed by atoms with van der Waals surface area (Å²) in [4.78, 5) is 12.3. The third-order valence-corrected chi connectivity index (χ3v) is 4.35. The first kappa shape index (κ1) is 19.4. The average Bonchev–Trinajstić information content (AvgIpc) is 2.60. The van der Waals surface area contributed by atoms with Gasteiger partial charge in [0.15, 0.2) is 0 Å². The fraction of sp³-hybridized carbons (Fsp3) is 0.278. The van der Waals surface area contributed by atoms with E-state index in [-0.39, 0.29) is 6.54 Å². The number of methoxy groups -OCH3 is 2. The van der Waals surface area contributed by atoms with Crippen LogP contribution < -0.4 is 15.4 Å². The van der Waals surface area contributed by atoms with Crippen LogP contribution in [0.1, 0.15) is 12.5 Å². The molecule has 0 aliphatic carbocycles. The van der Waals surface area contributed by atoms with Crippen LogP contribution in [-0.2, 0) is 10.3 Å². The molecule has 0 fully saturated rings. The van der Waals surface area contributed by atoms with Crippen LogP contribution in [0.4, 0.5) is 10.5 Å². The average molecular weight is 383 g/mol. The Kier molecular flexibility index (Phi) is 6.53. The van der Waals surface area contributed by atoms with Gasteiger partial charge in [0.05, 0.1) is 19.3 Å². The third kappa shape index (κ3) is 5.01. The summed E-state index contributed by atoms with van der Waals surface area (Å²) in [5, 5.41) is 6.62. The summed E-state index contributed by atoms with van der Waals surface area (Å²) in [5.74, 6) is 0.517. The predicted molar refractivity (Wildman–Crippen MR) is 101 cm³/mol. The molecule has 0 heterocycles. The Morgan fingerprint density at radius 3 is 2.48 bits per heavy atom. The highest BCUT2D eigenvalue weighted by molar-refractivity contribution is 6.31. The van der Waals surface area contributed by atoms with Crippen molar-refractivity contribution in [1.82, 2.24) is 5.32 Å². The van der Waals surface area contributed by atoms with Crippen molar-refractivity contribution in [3.63, 3.8) is 0 Å². The van der Waals surface area contributed by atoms with Gasteiger partial charge in [0, 0.05) is 17.2 Å². The Balaban J connectivity index is 2.06. The molecule has 2 N–H and O–H groups in total. The third-order valence-electron chi connectivity index (χ3n) is 3.88. The fourth-order valence-corrected chi connectivity index (χ4v) is 2.67. The first-order chi connectivity index (χ1) is 11.9. The van der Waals surface area contributed by atoms with E-state index in [1.165, 1.54) is 7.11 Å². The first-order valence-corrected chi connectivity index (χ1v) is 8.33. The normalized spacial score (nSPS) is 13.0. The number of anilines is 1. The quantitative estimate of drug-likeness (QED) is 0.761. The second-order valence-corrected chi connectivity index (χ2v) is 6.47. The Hall–Kier alpha value is -1.95. The predicted octanol–water partition coefficient (Wildman–Crippen LogP) is 4.69. The molecule has 1 unspecified atom stereocenters. The number of benzene rings is 2. The zero-order chi connectivity index (χ0) is 18.4. The Labute approximate surface area is 157 Å². The summed E-state index contributed by atoms with van der Waals surface area (Å²) in [6, 6.07) is 11.9. The molecule has 2 aromatic rings. The number of amides is 2. The van der Waals surface area contributed by atoms with Gasteiger partial charge >= 0.3 is 6.03 Å². The molecular formula is C18H20Cl2N2O3. The molecule has 2 amide bonds. The molecule has 0 bridgehead atoms. The van der Waals surface area contributed by atoms with Crippen LogP contribution >= 0.6 is 23.2 Å². The van der Waals surface area contributed by atoms with Crippen molar-refractivity contribution in [2.24, 2.45) is 0 Å². The molecule has 0 aliphatic heterocycles. The number of rotatable bonds is 6. The number of carbonyl (C=O) groups is 1. The SMILES string of the molecule is COc1ccc(Cl)cc1NC(=O)NCC(C)(OC)c1cccc(Cl)c1. The maximum absolute atomic E-state index is 12.3. The highest BCUT2D eigenvalue weighted by atomic mass is 35.5. The Bertz CT molecular complexity index is 755. The molecule has 25 heavy (non-hydrogen) atoms. The van der Waals surface area contributed by atoms with Crippen LogP contribution in [0.25, 0.3) is 0 Å². The molecule has 0 saturated heterocycles. The van der Waals surface area contributed by atoms with Crippen molar-refractivity contribution in [1.29, 1.82) is 0 Å². The van der Waals surface area contributed by atoms with Crippen LogP contribution in [0.15, 0.2) is 42.5 Å². The highest BCUT2D eigenvalue weighted by Crippen LogP contribution is 2.28. The van der Waals surface area contributed by atoms with Gasteiger partial charge in [0.1, 0.15) is 11.4 Å². The van der Waals surface area contributed by atoms with Gasteiger partial charge in [-0.2, -0.15) is 0 Å². The zero-order valence-corrected chi connectivity index (χ0v) is 15.7. The first-order valence-electron chi connectivity index (χ1n) is 7.57. The minimum Gasteiger partial charge on any atom is -0.495 e.